The summed E-state index contributed by atoms with van der Waals surface area (Å²) in [7, 11) is 0. The van der Waals surface area contributed by atoms with Crippen molar-refractivity contribution in [1.82, 2.24) is 0 Å². The Kier molecular flexibility index (Phi) is 9.37. The van der Waals surface area contributed by atoms with Crippen molar-refractivity contribution in [2.24, 2.45) is 0 Å². The van der Waals surface area contributed by atoms with Crippen LogP contribution in [0.3, 0.4) is 0 Å². The molecule has 1 N–H and O–H groups in total. The van der Waals surface area contributed by atoms with E-state index in [1.807, 2.05) is 0 Å². The summed E-state index contributed by atoms with van der Waals surface area (Å²) in [4.78, 5) is 0. The minimum absolute atomic E-state index is 0.497. The lowest BCUT2D eigenvalue weighted by Crippen LogP contribution is -2.19. The average molecular weight is 286 g/mol. The van der Waals surface area contributed by atoms with Crippen LogP contribution in [0.4, 0.5) is 5.69 Å². The molecule has 2 heteroatoms. The summed E-state index contributed by atoms with van der Waals surface area (Å²) < 4.78 is 0. The SMILES string of the molecule is CCCCCC(CCCCC)Nc1ccc(CC#N)cc1. The van der Waals surface area contributed by atoms with Crippen molar-refractivity contribution in [2.45, 2.75) is 77.7 Å². The Labute approximate surface area is 130 Å². The zero-order valence-electron chi connectivity index (χ0n) is 13.7. The Bertz CT molecular complexity index is 393. The molecule has 0 aromatic heterocycles. The molecule has 1 aromatic rings. The lowest BCUT2D eigenvalue weighted by Gasteiger charge is -2.20. The van der Waals surface area contributed by atoms with Gasteiger partial charge in [-0.05, 0) is 30.5 Å². The van der Waals surface area contributed by atoms with Crippen LogP contribution in [-0.2, 0) is 6.42 Å². The van der Waals surface area contributed by atoms with Crippen molar-refractivity contribution in [3.05, 3.63) is 29.8 Å². The smallest absolute Gasteiger partial charge is 0.0669 e. The van der Waals surface area contributed by atoms with E-state index in [0.717, 1.165) is 5.56 Å². The van der Waals surface area contributed by atoms with Crippen molar-refractivity contribution >= 4 is 5.69 Å². The van der Waals surface area contributed by atoms with Crippen molar-refractivity contribution in [3.63, 3.8) is 0 Å². The second-order valence-electron chi connectivity index (χ2n) is 5.86. The Morgan fingerprint density at radius 3 is 2.00 bits per heavy atom. The molecule has 0 atom stereocenters. The minimum atomic E-state index is 0.497. The summed E-state index contributed by atoms with van der Waals surface area (Å²) in [5.74, 6) is 0. The van der Waals surface area contributed by atoms with Crippen LogP contribution in [0.1, 0.15) is 70.8 Å². The third kappa shape index (κ3) is 7.75. The number of nitrogens with one attached hydrogen (secondary N) is 1. The number of rotatable bonds is 11. The summed E-state index contributed by atoms with van der Waals surface area (Å²) >= 11 is 0. The highest BCUT2D eigenvalue weighted by atomic mass is 14.9. The van der Waals surface area contributed by atoms with E-state index in [9.17, 15) is 0 Å². The van der Waals surface area contributed by atoms with Gasteiger partial charge in [0.05, 0.1) is 12.5 Å². The Morgan fingerprint density at radius 2 is 1.52 bits per heavy atom. The maximum Gasteiger partial charge on any atom is 0.0669 e. The fourth-order valence-corrected chi connectivity index (χ4v) is 2.62. The Morgan fingerprint density at radius 1 is 0.952 bits per heavy atom. The number of hydrogen-bond donors (Lipinski definition) is 1. The number of benzene rings is 1. The normalized spacial score (nSPS) is 10.6. The quantitative estimate of drug-likeness (QED) is 0.530. The first kappa shape index (κ1) is 17.6. The van der Waals surface area contributed by atoms with Gasteiger partial charge in [-0.15, -0.1) is 0 Å². The van der Waals surface area contributed by atoms with Gasteiger partial charge in [0, 0.05) is 11.7 Å². The predicted molar refractivity (Wildman–Crippen MR) is 91.5 cm³/mol. The van der Waals surface area contributed by atoms with Crippen molar-refractivity contribution in [3.8, 4) is 6.07 Å². The zero-order valence-corrected chi connectivity index (χ0v) is 13.7. The summed E-state index contributed by atoms with van der Waals surface area (Å²) in [5.41, 5.74) is 2.28. The topological polar surface area (TPSA) is 35.8 Å². The summed E-state index contributed by atoms with van der Waals surface area (Å²) in [6, 6.07) is 11.1. The van der Waals surface area contributed by atoms with Crippen LogP contribution in [0.5, 0.6) is 0 Å². The summed E-state index contributed by atoms with van der Waals surface area (Å²) in [6.45, 7) is 4.51. The van der Waals surface area contributed by atoms with Crippen molar-refractivity contribution in [2.75, 3.05) is 5.32 Å². The molecule has 0 aliphatic carbocycles. The molecule has 116 valence electrons. The number of anilines is 1. The molecule has 0 radical (unpaired) electrons. The maximum absolute atomic E-state index is 8.71. The molecule has 0 unspecified atom stereocenters. The van der Waals surface area contributed by atoms with Gasteiger partial charge in [0.1, 0.15) is 0 Å². The van der Waals surface area contributed by atoms with E-state index in [-0.39, 0.29) is 0 Å². The van der Waals surface area contributed by atoms with Gasteiger partial charge in [-0.3, -0.25) is 0 Å². The molecular weight excluding hydrogens is 256 g/mol. The van der Waals surface area contributed by atoms with E-state index in [1.54, 1.807) is 0 Å². The predicted octanol–water partition coefficient (Wildman–Crippen LogP) is 5.69. The van der Waals surface area contributed by atoms with Crippen molar-refractivity contribution in [1.29, 1.82) is 5.26 Å². The van der Waals surface area contributed by atoms with Crippen LogP contribution in [0, 0.1) is 11.3 Å². The zero-order chi connectivity index (χ0) is 15.3. The Balaban J connectivity index is 2.50. The van der Waals surface area contributed by atoms with E-state index in [4.69, 9.17) is 5.26 Å². The van der Waals surface area contributed by atoms with Crippen LogP contribution in [-0.4, -0.2) is 6.04 Å². The molecule has 2 nitrogen and oxygen atoms in total. The van der Waals surface area contributed by atoms with Gasteiger partial charge in [0.25, 0.3) is 0 Å². The first-order valence-corrected chi connectivity index (χ1v) is 8.52. The monoisotopic (exact) mass is 286 g/mol. The van der Waals surface area contributed by atoms with Gasteiger partial charge < -0.3 is 5.32 Å². The van der Waals surface area contributed by atoms with Gasteiger partial charge in [-0.25, -0.2) is 0 Å². The second-order valence-corrected chi connectivity index (χ2v) is 5.86. The van der Waals surface area contributed by atoms with Gasteiger partial charge in [0.2, 0.25) is 0 Å². The minimum Gasteiger partial charge on any atom is -0.382 e. The molecule has 0 fully saturated rings. The maximum atomic E-state index is 8.71. The molecule has 0 saturated heterocycles. The van der Waals surface area contributed by atoms with Crippen LogP contribution in [0.25, 0.3) is 0 Å². The lowest BCUT2D eigenvalue weighted by atomic mass is 10.0. The summed E-state index contributed by atoms with van der Waals surface area (Å²) in [5, 5.41) is 12.4. The lowest BCUT2D eigenvalue weighted by molar-refractivity contribution is 0.526. The van der Waals surface area contributed by atoms with Crippen LogP contribution < -0.4 is 5.32 Å². The van der Waals surface area contributed by atoms with Crippen LogP contribution in [0.15, 0.2) is 24.3 Å². The third-order valence-corrected chi connectivity index (χ3v) is 3.92. The van der Waals surface area contributed by atoms with E-state index in [2.05, 4.69) is 49.5 Å². The first-order chi connectivity index (χ1) is 10.3. The molecule has 21 heavy (non-hydrogen) atoms. The van der Waals surface area contributed by atoms with E-state index < -0.39 is 0 Å². The van der Waals surface area contributed by atoms with Crippen LogP contribution in [0.2, 0.25) is 0 Å². The molecule has 0 amide bonds. The molecule has 0 aliphatic rings. The van der Waals surface area contributed by atoms with Gasteiger partial charge in [-0.1, -0.05) is 64.5 Å². The van der Waals surface area contributed by atoms with E-state index in [0.29, 0.717) is 12.5 Å². The molecule has 1 rings (SSSR count). The van der Waals surface area contributed by atoms with Gasteiger partial charge in [-0.2, -0.15) is 5.26 Å². The fraction of sp³-hybridized carbons (Fsp3) is 0.632. The molecule has 0 bridgehead atoms. The highest BCUT2D eigenvalue weighted by molar-refractivity contribution is 5.45. The number of unbranched alkanes of at least 4 members (excludes halogenated alkanes) is 4. The van der Waals surface area contributed by atoms with E-state index in [1.165, 1.54) is 57.1 Å². The largest absolute Gasteiger partial charge is 0.382 e. The summed E-state index contributed by atoms with van der Waals surface area (Å²) in [6.07, 6.45) is 10.9. The Hall–Kier alpha value is -1.49. The highest BCUT2D eigenvalue weighted by Gasteiger charge is 2.08. The fourth-order valence-electron chi connectivity index (χ4n) is 2.62. The average Bonchev–Trinajstić information content (AvgIpc) is 2.50. The van der Waals surface area contributed by atoms with Gasteiger partial charge >= 0.3 is 0 Å². The molecule has 0 spiro atoms. The highest BCUT2D eigenvalue weighted by Crippen LogP contribution is 2.18. The van der Waals surface area contributed by atoms with Gasteiger partial charge in [0.15, 0.2) is 0 Å². The third-order valence-electron chi connectivity index (χ3n) is 3.92. The van der Waals surface area contributed by atoms with Crippen molar-refractivity contribution < 1.29 is 0 Å². The second kappa shape index (κ2) is 11.2. The molecule has 1 aromatic carbocycles. The van der Waals surface area contributed by atoms with Crippen LogP contribution >= 0.6 is 0 Å². The number of nitriles is 1. The molecule has 0 heterocycles. The molecule has 0 aliphatic heterocycles. The van der Waals surface area contributed by atoms with E-state index >= 15 is 0 Å². The first-order valence-electron chi connectivity index (χ1n) is 8.52. The molecule has 0 saturated carbocycles. The standard InChI is InChI=1S/C19H30N2/c1-3-5-7-9-18(10-8-6-4-2)21-19-13-11-17(12-14-19)15-16-20/h11-14,18,21H,3-10,15H2,1-2H3. The number of hydrogen-bond acceptors (Lipinski definition) is 2. The molecular formula is C19H30N2. The number of nitrogens with zero attached hydrogens (tertiary/aromatic N) is 1.